The van der Waals surface area contributed by atoms with Crippen molar-refractivity contribution in [3.8, 4) is 11.5 Å². The van der Waals surface area contributed by atoms with Crippen LogP contribution < -0.4 is 19.1 Å². The first-order valence-electron chi connectivity index (χ1n) is 11.8. The number of hydrogen-bond donors (Lipinski definition) is 1. The number of nitrogens with zero attached hydrogens (tertiary/aromatic N) is 2. The molecule has 0 aliphatic heterocycles. The second-order valence-corrected chi connectivity index (χ2v) is 10.7. The number of ether oxygens (including phenoxy) is 2. The van der Waals surface area contributed by atoms with Gasteiger partial charge >= 0.3 is 0 Å². The van der Waals surface area contributed by atoms with Crippen LogP contribution in [0.3, 0.4) is 0 Å². The Bertz CT molecular complexity index is 1150. The molecule has 0 heterocycles. The van der Waals surface area contributed by atoms with Crippen LogP contribution in [0.1, 0.15) is 38.3 Å². The van der Waals surface area contributed by atoms with E-state index in [1.807, 2.05) is 20.8 Å². The Kier molecular flexibility index (Phi) is 10.2. The molecular formula is C26H37N3O6S. The number of carbonyl (C=O) groups excluding carboxylic acids is 2. The standard InChI is InChI=1S/C26H37N3O6S/c1-8-19(3)27-26(31)20(4)28(16-21-10-12-22(34-5)13-11-21)25(30)17-29(36(7,32)33)23-15-18(2)9-14-24(23)35-6/h9-15,19-20H,8,16-17H2,1-7H3,(H,27,31)/t19-,20-/m1/s1. The van der Waals surface area contributed by atoms with Crippen LogP contribution in [0, 0.1) is 6.92 Å². The zero-order chi connectivity index (χ0) is 27.0. The van der Waals surface area contributed by atoms with Gasteiger partial charge in [-0.3, -0.25) is 13.9 Å². The van der Waals surface area contributed by atoms with Crippen LogP contribution in [0.15, 0.2) is 42.5 Å². The molecule has 2 atom stereocenters. The first kappa shape index (κ1) is 29.0. The van der Waals surface area contributed by atoms with Gasteiger partial charge < -0.3 is 19.7 Å². The predicted molar refractivity (Wildman–Crippen MR) is 141 cm³/mol. The number of amides is 2. The minimum Gasteiger partial charge on any atom is -0.497 e. The van der Waals surface area contributed by atoms with Crippen molar-refractivity contribution in [2.24, 2.45) is 0 Å². The molecule has 0 saturated heterocycles. The Morgan fingerprint density at radius 3 is 2.19 bits per heavy atom. The Balaban J connectivity index is 2.45. The summed E-state index contributed by atoms with van der Waals surface area (Å²) in [6, 6.07) is 11.3. The summed E-state index contributed by atoms with van der Waals surface area (Å²) in [5, 5.41) is 2.90. The number of aryl methyl sites for hydroxylation is 1. The number of methoxy groups -OCH3 is 2. The summed E-state index contributed by atoms with van der Waals surface area (Å²) < 4.78 is 37.2. The summed E-state index contributed by atoms with van der Waals surface area (Å²) in [7, 11) is -0.859. The fourth-order valence-corrected chi connectivity index (χ4v) is 4.41. The second kappa shape index (κ2) is 12.6. The van der Waals surface area contributed by atoms with Crippen LogP contribution in [0.25, 0.3) is 0 Å². The molecule has 0 bridgehead atoms. The molecule has 2 aromatic carbocycles. The van der Waals surface area contributed by atoms with E-state index in [-0.39, 0.29) is 24.2 Å². The van der Waals surface area contributed by atoms with E-state index in [2.05, 4.69) is 5.32 Å². The number of hydrogen-bond acceptors (Lipinski definition) is 6. The van der Waals surface area contributed by atoms with Crippen LogP contribution in [0.4, 0.5) is 5.69 Å². The summed E-state index contributed by atoms with van der Waals surface area (Å²) in [5.41, 5.74) is 1.84. The van der Waals surface area contributed by atoms with E-state index in [0.717, 1.165) is 28.1 Å². The summed E-state index contributed by atoms with van der Waals surface area (Å²) in [4.78, 5) is 28.0. The number of nitrogens with one attached hydrogen (secondary N) is 1. The van der Waals surface area contributed by atoms with Gasteiger partial charge in [0.05, 0.1) is 26.2 Å². The van der Waals surface area contributed by atoms with Crippen molar-refractivity contribution in [3.05, 3.63) is 53.6 Å². The average molecular weight is 520 g/mol. The molecule has 2 aromatic rings. The molecule has 0 aliphatic carbocycles. The van der Waals surface area contributed by atoms with Crippen LogP contribution >= 0.6 is 0 Å². The summed E-state index contributed by atoms with van der Waals surface area (Å²) >= 11 is 0. The summed E-state index contributed by atoms with van der Waals surface area (Å²) in [6.45, 7) is 6.92. The lowest BCUT2D eigenvalue weighted by Gasteiger charge is -2.32. The van der Waals surface area contributed by atoms with E-state index in [1.54, 1.807) is 56.5 Å². The Hall–Kier alpha value is -3.27. The lowest BCUT2D eigenvalue weighted by Crippen LogP contribution is -2.52. The van der Waals surface area contributed by atoms with Crippen molar-refractivity contribution in [1.82, 2.24) is 10.2 Å². The van der Waals surface area contributed by atoms with Gasteiger partial charge in [-0.05, 0) is 62.6 Å². The van der Waals surface area contributed by atoms with E-state index in [1.165, 1.54) is 12.0 Å². The third kappa shape index (κ3) is 7.61. The third-order valence-corrected chi connectivity index (χ3v) is 7.09. The highest BCUT2D eigenvalue weighted by Crippen LogP contribution is 2.31. The van der Waals surface area contributed by atoms with Crippen LogP contribution in [0.2, 0.25) is 0 Å². The van der Waals surface area contributed by atoms with Crippen LogP contribution in [0.5, 0.6) is 11.5 Å². The van der Waals surface area contributed by atoms with Crippen molar-refractivity contribution in [3.63, 3.8) is 0 Å². The zero-order valence-electron chi connectivity index (χ0n) is 22.1. The number of sulfonamides is 1. The molecule has 36 heavy (non-hydrogen) atoms. The van der Waals surface area contributed by atoms with Gasteiger partial charge in [0.2, 0.25) is 21.8 Å². The minimum absolute atomic E-state index is 0.0676. The molecule has 0 aromatic heterocycles. The van der Waals surface area contributed by atoms with Crippen LogP contribution in [-0.2, 0) is 26.2 Å². The van der Waals surface area contributed by atoms with Crippen molar-refractivity contribution in [2.75, 3.05) is 31.3 Å². The van der Waals surface area contributed by atoms with E-state index in [0.29, 0.717) is 11.5 Å². The number of carbonyl (C=O) groups is 2. The highest BCUT2D eigenvalue weighted by Gasteiger charge is 2.31. The first-order valence-corrected chi connectivity index (χ1v) is 13.6. The molecule has 0 fully saturated rings. The normalized spacial score (nSPS) is 12.9. The van der Waals surface area contributed by atoms with Gasteiger partial charge in [0.1, 0.15) is 24.1 Å². The lowest BCUT2D eigenvalue weighted by atomic mass is 10.1. The molecule has 0 spiro atoms. The van der Waals surface area contributed by atoms with Crippen LogP contribution in [-0.4, -0.2) is 64.2 Å². The molecule has 9 nitrogen and oxygen atoms in total. The predicted octanol–water partition coefficient (Wildman–Crippen LogP) is 3.11. The molecule has 0 saturated carbocycles. The van der Waals surface area contributed by atoms with Crippen molar-refractivity contribution in [2.45, 2.75) is 52.7 Å². The van der Waals surface area contributed by atoms with Crippen molar-refractivity contribution >= 4 is 27.5 Å². The molecule has 0 aliphatic rings. The Labute approximate surface area is 214 Å². The smallest absolute Gasteiger partial charge is 0.244 e. The summed E-state index contributed by atoms with van der Waals surface area (Å²) in [6.07, 6.45) is 1.77. The molecule has 2 rings (SSSR count). The third-order valence-electron chi connectivity index (χ3n) is 5.96. The molecule has 2 amide bonds. The molecule has 198 valence electrons. The molecule has 10 heteroatoms. The van der Waals surface area contributed by atoms with Crippen molar-refractivity contribution < 1.29 is 27.5 Å². The van der Waals surface area contributed by atoms with Crippen molar-refractivity contribution in [1.29, 1.82) is 0 Å². The van der Waals surface area contributed by atoms with E-state index in [4.69, 9.17) is 9.47 Å². The largest absolute Gasteiger partial charge is 0.497 e. The Morgan fingerprint density at radius 1 is 1.03 bits per heavy atom. The van der Waals surface area contributed by atoms with E-state index < -0.39 is 28.5 Å². The lowest BCUT2D eigenvalue weighted by molar-refractivity contribution is -0.139. The van der Waals surface area contributed by atoms with Gasteiger partial charge in [0.25, 0.3) is 0 Å². The molecule has 0 unspecified atom stereocenters. The Morgan fingerprint density at radius 2 is 1.67 bits per heavy atom. The fourth-order valence-electron chi connectivity index (χ4n) is 3.57. The number of anilines is 1. The zero-order valence-corrected chi connectivity index (χ0v) is 22.9. The van der Waals surface area contributed by atoms with E-state index in [9.17, 15) is 18.0 Å². The molecule has 1 N–H and O–H groups in total. The number of rotatable bonds is 12. The summed E-state index contributed by atoms with van der Waals surface area (Å²) in [5.74, 6) is 0.147. The van der Waals surface area contributed by atoms with Gasteiger partial charge in [0.15, 0.2) is 0 Å². The average Bonchev–Trinajstić information content (AvgIpc) is 2.84. The first-order chi connectivity index (χ1) is 16.9. The molecular weight excluding hydrogens is 482 g/mol. The topological polar surface area (TPSA) is 105 Å². The maximum absolute atomic E-state index is 13.7. The van der Waals surface area contributed by atoms with E-state index >= 15 is 0 Å². The minimum atomic E-state index is -3.86. The molecule has 0 radical (unpaired) electrons. The van der Waals surface area contributed by atoms with Gasteiger partial charge in [-0.1, -0.05) is 25.1 Å². The van der Waals surface area contributed by atoms with Gasteiger partial charge in [-0.25, -0.2) is 8.42 Å². The fraction of sp³-hybridized carbons (Fsp3) is 0.462. The maximum atomic E-state index is 13.7. The highest BCUT2D eigenvalue weighted by atomic mass is 32.2. The quantitative estimate of drug-likeness (QED) is 0.462. The SMILES string of the molecule is CC[C@@H](C)NC(=O)[C@@H](C)N(Cc1ccc(OC)cc1)C(=O)CN(c1cc(C)ccc1OC)S(C)(=O)=O. The highest BCUT2D eigenvalue weighted by molar-refractivity contribution is 7.92. The second-order valence-electron chi connectivity index (χ2n) is 8.81. The monoisotopic (exact) mass is 519 g/mol. The van der Waals surface area contributed by atoms with Gasteiger partial charge in [0, 0.05) is 12.6 Å². The number of benzene rings is 2. The maximum Gasteiger partial charge on any atom is 0.244 e. The van der Waals surface area contributed by atoms with Gasteiger partial charge in [-0.2, -0.15) is 0 Å². The van der Waals surface area contributed by atoms with Gasteiger partial charge in [-0.15, -0.1) is 0 Å².